The average Bonchev–Trinajstić information content (AvgIpc) is 2.76. The molecular weight excluding hydrogens is 487 g/mol. The van der Waals surface area contributed by atoms with Gasteiger partial charge in [0, 0.05) is 46.3 Å². The van der Waals surface area contributed by atoms with Crippen molar-refractivity contribution in [3.63, 3.8) is 0 Å². The van der Waals surface area contributed by atoms with Gasteiger partial charge in [-0.3, -0.25) is 9.79 Å². The number of guanidine groups is 1. The number of halogens is 1. The Hall–Kier alpha value is -2.35. The van der Waals surface area contributed by atoms with Crippen LogP contribution >= 0.6 is 24.0 Å². The number of carbonyl (C=O) groups excluding carboxylic acids is 1. The van der Waals surface area contributed by atoms with E-state index in [1.807, 2.05) is 37.4 Å². The predicted molar refractivity (Wildman–Crippen MR) is 135 cm³/mol. The van der Waals surface area contributed by atoms with Crippen molar-refractivity contribution >= 4 is 41.9 Å². The van der Waals surface area contributed by atoms with Crippen LogP contribution in [0.15, 0.2) is 65.2 Å². The third kappa shape index (κ3) is 6.58. The van der Waals surface area contributed by atoms with E-state index < -0.39 is 0 Å². The van der Waals surface area contributed by atoms with E-state index in [1.54, 1.807) is 19.0 Å². The molecule has 0 spiro atoms. The number of nitrogens with one attached hydrogen (secondary N) is 1. The second-order valence-electron chi connectivity index (χ2n) is 7.50. The molecule has 1 fully saturated rings. The van der Waals surface area contributed by atoms with Gasteiger partial charge in [0.15, 0.2) is 5.96 Å². The van der Waals surface area contributed by atoms with Crippen molar-refractivity contribution in [3.05, 3.63) is 76.9 Å². The van der Waals surface area contributed by atoms with Crippen LogP contribution in [0.3, 0.4) is 0 Å². The van der Waals surface area contributed by atoms with Gasteiger partial charge in [-0.1, -0.05) is 54.1 Å². The van der Waals surface area contributed by atoms with Gasteiger partial charge in [0.25, 0.3) is 5.91 Å². The second-order valence-corrected chi connectivity index (χ2v) is 7.50. The number of piperidine rings is 1. The molecule has 0 radical (unpaired) electrons. The fourth-order valence-corrected chi connectivity index (χ4v) is 3.47. The summed E-state index contributed by atoms with van der Waals surface area (Å²) in [4.78, 5) is 20.4. The lowest BCUT2D eigenvalue weighted by molar-refractivity contribution is 0.0827. The van der Waals surface area contributed by atoms with E-state index in [2.05, 4.69) is 45.6 Å². The quantitative estimate of drug-likeness (QED) is 0.374. The van der Waals surface area contributed by atoms with Crippen molar-refractivity contribution in [2.75, 3.05) is 34.2 Å². The molecule has 0 unspecified atom stereocenters. The Morgan fingerprint density at radius 2 is 1.70 bits per heavy atom. The topological polar surface area (TPSA) is 47.9 Å². The minimum absolute atomic E-state index is 0. The summed E-state index contributed by atoms with van der Waals surface area (Å²) in [6.07, 6.45) is 4.41. The number of rotatable bonds is 4. The first-order valence-corrected chi connectivity index (χ1v) is 10.1. The van der Waals surface area contributed by atoms with E-state index in [1.165, 1.54) is 11.1 Å². The third-order valence-corrected chi connectivity index (χ3v) is 5.15. The zero-order chi connectivity index (χ0) is 20.6. The monoisotopic (exact) mass is 518 g/mol. The predicted octanol–water partition coefficient (Wildman–Crippen LogP) is 4.26. The Labute approximate surface area is 196 Å². The maximum Gasteiger partial charge on any atom is 0.253 e. The summed E-state index contributed by atoms with van der Waals surface area (Å²) in [5.41, 5.74) is 4.60. The number of benzene rings is 2. The Morgan fingerprint density at radius 1 is 1.07 bits per heavy atom. The molecule has 0 saturated carbocycles. The number of amides is 1. The summed E-state index contributed by atoms with van der Waals surface area (Å²) in [6.45, 7) is 2.62. The largest absolute Gasteiger partial charge is 0.352 e. The number of hydrogen-bond donors (Lipinski definition) is 1. The first kappa shape index (κ1) is 23.9. The van der Waals surface area contributed by atoms with Gasteiger partial charge in [-0.25, -0.2) is 0 Å². The average molecular weight is 518 g/mol. The molecule has 1 N–H and O–H groups in total. The van der Waals surface area contributed by atoms with Crippen molar-refractivity contribution < 1.29 is 4.79 Å². The van der Waals surface area contributed by atoms with Crippen molar-refractivity contribution in [1.29, 1.82) is 0 Å². The van der Waals surface area contributed by atoms with Gasteiger partial charge in [-0.15, -0.1) is 24.0 Å². The Kier molecular flexibility index (Phi) is 9.36. The minimum Gasteiger partial charge on any atom is -0.352 e. The molecule has 160 valence electrons. The Morgan fingerprint density at radius 3 is 2.27 bits per heavy atom. The lowest BCUT2D eigenvalue weighted by atomic mass is 10.0. The molecular formula is C24H31IN4O. The molecule has 2 aromatic carbocycles. The first-order valence-electron chi connectivity index (χ1n) is 10.1. The molecule has 30 heavy (non-hydrogen) atoms. The van der Waals surface area contributed by atoms with E-state index >= 15 is 0 Å². The molecule has 1 saturated heterocycles. The summed E-state index contributed by atoms with van der Waals surface area (Å²) >= 11 is 0. The Bertz CT molecular complexity index is 866. The van der Waals surface area contributed by atoms with Gasteiger partial charge in [0.05, 0.1) is 0 Å². The number of carbonyl (C=O) groups is 1. The fraction of sp³-hybridized carbons (Fsp3) is 0.333. The Balaban J connectivity index is 0.00000320. The summed E-state index contributed by atoms with van der Waals surface area (Å²) in [5.74, 6) is 0.949. The normalized spacial score (nSPS) is 14.0. The van der Waals surface area contributed by atoms with Gasteiger partial charge in [-0.2, -0.15) is 0 Å². The van der Waals surface area contributed by atoms with Crippen LogP contribution in [0.25, 0.3) is 6.08 Å². The SMILES string of the molecule is CN=C(NCc1ccc(C(=O)N(C)C)cc1)N1CCC(=Cc2ccccc2)CC1.I. The zero-order valence-corrected chi connectivity index (χ0v) is 20.3. The number of hydrogen-bond acceptors (Lipinski definition) is 2. The maximum atomic E-state index is 12.0. The molecule has 3 rings (SSSR count). The van der Waals surface area contributed by atoms with Crippen molar-refractivity contribution in [3.8, 4) is 0 Å². The van der Waals surface area contributed by atoms with Gasteiger partial charge in [0.2, 0.25) is 0 Å². The molecule has 1 heterocycles. The highest BCUT2D eigenvalue weighted by molar-refractivity contribution is 14.0. The van der Waals surface area contributed by atoms with E-state index in [9.17, 15) is 4.79 Å². The second kappa shape index (κ2) is 11.7. The van der Waals surface area contributed by atoms with Crippen molar-refractivity contribution in [2.45, 2.75) is 19.4 Å². The van der Waals surface area contributed by atoms with E-state index in [4.69, 9.17) is 0 Å². The van der Waals surface area contributed by atoms with Crippen LogP contribution in [0.2, 0.25) is 0 Å². The molecule has 2 aromatic rings. The van der Waals surface area contributed by atoms with Crippen LogP contribution in [0.5, 0.6) is 0 Å². The van der Waals surface area contributed by atoms with Gasteiger partial charge in [0.1, 0.15) is 0 Å². The lowest BCUT2D eigenvalue weighted by Crippen LogP contribution is -2.44. The van der Waals surface area contributed by atoms with Crippen LogP contribution < -0.4 is 5.32 Å². The first-order chi connectivity index (χ1) is 14.1. The summed E-state index contributed by atoms with van der Waals surface area (Å²) in [5, 5.41) is 3.45. The van der Waals surface area contributed by atoms with Gasteiger partial charge in [-0.05, 0) is 36.1 Å². The highest BCUT2D eigenvalue weighted by Gasteiger charge is 2.17. The fourth-order valence-electron chi connectivity index (χ4n) is 3.47. The van der Waals surface area contributed by atoms with Crippen LogP contribution in [0.4, 0.5) is 0 Å². The summed E-state index contributed by atoms with van der Waals surface area (Å²) in [7, 11) is 5.36. The van der Waals surface area contributed by atoms with Gasteiger partial charge < -0.3 is 15.1 Å². The van der Waals surface area contributed by atoms with E-state index in [0.717, 1.165) is 37.5 Å². The van der Waals surface area contributed by atoms with E-state index in [0.29, 0.717) is 12.1 Å². The van der Waals surface area contributed by atoms with Crippen LogP contribution in [-0.4, -0.2) is 55.9 Å². The number of aliphatic imine (C=N–C) groups is 1. The van der Waals surface area contributed by atoms with Crippen molar-refractivity contribution in [2.24, 2.45) is 4.99 Å². The van der Waals surface area contributed by atoms with Crippen LogP contribution in [-0.2, 0) is 6.54 Å². The molecule has 1 aliphatic heterocycles. The zero-order valence-electron chi connectivity index (χ0n) is 18.0. The highest BCUT2D eigenvalue weighted by atomic mass is 127. The number of likely N-dealkylation sites (tertiary alicyclic amines) is 1. The molecule has 0 aliphatic carbocycles. The molecule has 6 heteroatoms. The lowest BCUT2D eigenvalue weighted by Gasteiger charge is -2.31. The van der Waals surface area contributed by atoms with Gasteiger partial charge >= 0.3 is 0 Å². The molecule has 0 aromatic heterocycles. The molecule has 0 bridgehead atoms. The smallest absolute Gasteiger partial charge is 0.253 e. The van der Waals surface area contributed by atoms with Crippen LogP contribution in [0, 0.1) is 0 Å². The standard InChI is InChI=1S/C24H30N4O.HI/c1-25-24(26-18-21-9-11-22(12-10-21)23(29)27(2)3)28-15-13-20(14-16-28)17-19-7-5-4-6-8-19;/h4-12,17H,13-16,18H2,1-3H3,(H,25,26);1H. The molecule has 1 amide bonds. The molecule has 0 atom stereocenters. The van der Waals surface area contributed by atoms with Crippen molar-refractivity contribution in [1.82, 2.24) is 15.1 Å². The molecule has 5 nitrogen and oxygen atoms in total. The van der Waals surface area contributed by atoms with Crippen LogP contribution in [0.1, 0.15) is 34.3 Å². The third-order valence-electron chi connectivity index (χ3n) is 5.15. The number of nitrogens with zero attached hydrogens (tertiary/aromatic N) is 3. The summed E-state index contributed by atoms with van der Waals surface area (Å²) < 4.78 is 0. The minimum atomic E-state index is 0. The molecule has 1 aliphatic rings. The maximum absolute atomic E-state index is 12.0. The summed E-state index contributed by atoms with van der Waals surface area (Å²) in [6, 6.07) is 18.3. The van der Waals surface area contributed by atoms with E-state index in [-0.39, 0.29) is 29.9 Å². The highest BCUT2D eigenvalue weighted by Crippen LogP contribution is 2.19.